The first-order valence-electron chi connectivity index (χ1n) is 2.66. The molecule has 0 amide bonds. The second-order valence-corrected chi connectivity index (χ2v) is 2.06. The van der Waals surface area contributed by atoms with Gasteiger partial charge in [-0.15, -0.1) is 12.4 Å². The van der Waals surface area contributed by atoms with Crippen LogP contribution in [0.3, 0.4) is 0 Å². The Balaban J connectivity index is 0.000000810. The van der Waals surface area contributed by atoms with E-state index in [1.807, 2.05) is 0 Å². The van der Waals surface area contributed by atoms with Gasteiger partial charge in [0.25, 0.3) is 0 Å². The van der Waals surface area contributed by atoms with E-state index in [1.165, 1.54) is 0 Å². The first-order valence-corrected chi connectivity index (χ1v) is 2.66. The predicted octanol–water partition coefficient (Wildman–Crippen LogP) is -0.165. The van der Waals surface area contributed by atoms with E-state index in [9.17, 15) is 4.79 Å². The molecule has 58 valence electrons. The van der Waals surface area contributed by atoms with Crippen molar-refractivity contribution < 1.29 is 9.90 Å². The topological polar surface area (TPSA) is 52.9 Å². The van der Waals surface area contributed by atoms with Crippen molar-refractivity contribution >= 4 is 24.7 Å². The minimum Gasteiger partial charge on any atom is -0.480 e. The third kappa shape index (κ3) is 1.88. The zero-order valence-electron chi connectivity index (χ0n) is 5.52. The lowest BCUT2D eigenvalue weighted by Gasteiger charge is -2.04. The zero-order chi connectivity index (χ0) is 6.85. The second-order valence-electron chi connectivity index (χ2n) is 2.06. The molecular weight excluding hydrogens is 156 g/mol. The van der Waals surface area contributed by atoms with E-state index in [-0.39, 0.29) is 12.4 Å². The van der Waals surface area contributed by atoms with Gasteiger partial charge in [0.1, 0.15) is 0 Å². The van der Waals surface area contributed by atoms with Crippen LogP contribution in [0, 0.1) is 0 Å². The quantitative estimate of drug-likeness (QED) is 0.586. The van der Waals surface area contributed by atoms with Crippen molar-refractivity contribution in [1.82, 2.24) is 4.90 Å². The van der Waals surface area contributed by atoms with Crippen LogP contribution in [-0.4, -0.2) is 41.9 Å². The Bertz CT molecular complexity index is 160. The van der Waals surface area contributed by atoms with E-state index < -0.39 is 12.0 Å². The fraction of sp³-hybridized carbons (Fsp3) is 0.600. The van der Waals surface area contributed by atoms with Gasteiger partial charge in [0.2, 0.25) is 0 Å². The minimum absolute atomic E-state index is 0. The molecule has 1 aliphatic rings. The summed E-state index contributed by atoms with van der Waals surface area (Å²) in [6, 6.07) is -0.546. The lowest BCUT2D eigenvalue weighted by Crippen LogP contribution is -2.25. The number of halogens is 1. The molecule has 0 bridgehead atoms. The molecule has 0 aromatic rings. The highest BCUT2D eigenvalue weighted by Crippen LogP contribution is 1.99. The summed E-state index contributed by atoms with van der Waals surface area (Å²) in [5, 5.41) is 8.39. The van der Waals surface area contributed by atoms with E-state index in [4.69, 9.17) is 5.11 Å². The average molecular weight is 165 g/mol. The molecule has 0 saturated heterocycles. The van der Waals surface area contributed by atoms with Gasteiger partial charge in [-0.25, -0.2) is 4.79 Å². The Morgan fingerprint density at radius 2 is 2.50 bits per heavy atom. The number of carboxylic acid groups (broad SMARTS) is 1. The van der Waals surface area contributed by atoms with E-state index in [1.54, 1.807) is 18.3 Å². The van der Waals surface area contributed by atoms with Gasteiger partial charge < -0.3 is 10.0 Å². The Kier molecular flexibility index (Phi) is 3.15. The zero-order valence-corrected chi connectivity index (χ0v) is 6.34. The number of likely N-dealkylation sites (N-methyl/N-ethyl adjacent to an activating group) is 1. The molecule has 0 radical (unpaired) electrons. The molecule has 1 unspecified atom stereocenters. The maximum atomic E-state index is 10.2. The van der Waals surface area contributed by atoms with Crippen LogP contribution in [0.1, 0.15) is 0 Å². The van der Waals surface area contributed by atoms with Crippen LogP contribution >= 0.6 is 12.4 Å². The summed E-state index contributed by atoms with van der Waals surface area (Å²) in [4.78, 5) is 15.7. The molecule has 0 aromatic carbocycles. The summed E-state index contributed by atoms with van der Waals surface area (Å²) in [6.07, 6.45) is 1.54. The largest absolute Gasteiger partial charge is 0.480 e. The van der Waals surface area contributed by atoms with Gasteiger partial charge in [-0.1, -0.05) is 0 Å². The van der Waals surface area contributed by atoms with Crippen LogP contribution < -0.4 is 0 Å². The Hall–Kier alpha value is -0.770. The van der Waals surface area contributed by atoms with Gasteiger partial charge in [0, 0.05) is 7.05 Å². The average Bonchev–Trinajstić information content (AvgIpc) is 2.14. The first kappa shape index (κ1) is 9.23. The molecule has 1 heterocycles. The van der Waals surface area contributed by atoms with Crippen LogP contribution in [0.2, 0.25) is 0 Å². The Labute approximate surface area is 65.0 Å². The van der Waals surface area contributed by atoms with Crippen molar-refractivity contribution in [3.05, 3.63) is 0 Å². The highest BCUT2D eigenvalue weighted by Gasteiger charge is 2.20. The molecule has 5 heteroatoms. The number of rotatable bonds is 1. The van der Waals surface area contributed by atoms with Gasteiger partial charge >= 0.3 is 5.97 Å². The highest BCUT2D eigenvalue weighted by molar-refractivity contribution is 5.85. The van der Waals surface area contributed by atoms with Crippen molar-refractivity contribution in [3.8, 4) is 0 Å². The maximum Gasteiger partial charge on any atom is 0.330 e. The molecule has 0 saturated carbocycles. The van der Waals surface area contributed by atoms with E-state index >= 15 is 0 Å². The van der Waals surface area contributed by atoms with Crippen molar-refractivity contribution in [2.75, 3.05) is 13.6 Å². The van der Waals surface area contributed by atoms with E-state index in [0.29, 0.717) is 6.54 Å². The van der Waals surface area contributed by atoms with Crippen LogP contribution in [0.4, 0.5) is 0 Å². The summed E-state index contributed by atoms with van der Waals surface area (Å²) < 4.78 is 0. The van der Waals surface area contributed by atoms with Crippen LogP contribution in [-0.2, 0) is 4.79 Å². The van der Waals surface area contributed by atoms with Crippen molar-refractivity contribution in [2.24, 2.45) is 4.99 Å². The maximum absolute atomic E-state index is 10.2. The van der Waals surface area contributed by atoms with Gasteiger partial charge in [0.05, 0.1) is 12.9 Å². The van der Waals surface area contributed by atoms with Gasteiger partial charge in [0.15, 0.2) is 6.04 Å². The molecule has 0 fully saturated rings. The molecule has 0 aliphatic carbocycles. The van der Waals surface area contributed by atoms with E-state index in [0.717, 1.165) is 0 Å². The molecule has 0 spiro atoms. The fourth-order valence-electron chi connectivity index (χ4n) is 0.703. The number of carboxylic acids is 1. The molecule has 0 aromatic heterocycles. The monoisotopic (exact) mass is 164 g/mol. The number of hydrogen-bond donors (Lipinski definition) is 1. The number of nitrogens with zero attached hydrogens (tertiary/aromatic N) is 2. The molecule has 1 aliphatic heterocycles. The van der Waals surface area contributed by atoms with Crippen LogP contribution in [0.5, 0.6) is 0 Å². The summed E-state index contributed by atoms with van der Waals surface area (Å²) in [5.41, 5.74) is 0. The van der Waals surface area contributed by atoms with Crippen LogP contribution in [0.25, 0.3) is 0 Å². The van der Waals surface area contributed by atoms with Gasteiger partial charge in [-0.05, 0) is 0 Å². The SMILES string of the molecule is CN1C=NC(C(=O)O)C1.Cl. The molecule has 1 N–H and O–H groups in total. The number of aliphatic imine (C=N–C) groups is 1. The third-order valence-corrected chi connectivity index (χ3v) is 1.19. The summed E-state index contributed by atoms with van der Waals surface area (Å²) in [5.74, 6) is -0.851. The fourth-order valence-corrected chi connectivity index (χ4v) is 0.703. The van der Waals surface area contributed by atoms with Gasteiger partial charge in [-0.2, -0.15) is 0 Å². The number of aliphatic carboxylic acids is 1. The smallest absolute Gasteiger partial charge is 0.330 e. The third-order valence-electron chi connectivity index (χ3n) is 1.19. The number of hydrogen-bond acceptors (Lipinski definition) is 3. The van der Waals surface area contributed by atoms with Gasteiger partial charge in [-0.3, -0.25) is 4.99 Å². The van der Waals surface area contributed by atoms with Crippen molar-refractivity contribution in [1.29, 1.82) is 0 Å². The highest BCUT2D eigenvalue weighted by atomic mass is 35.5. The first-order chi connectivity index (χ1) is 4.20. The molecule has 1 atom stereocenters. The van der Waals surface area contributed by atoms with Crippen molar-refractivity contribution in [2.45, 2.75) is 6.04 Å². The minimum atomic E-state index is -0.851. The van der Waals surface area contributed by atoms with E-state index in [2.05, 4.69) is 4.99 Å². The normalized spacial score (nSPS) is 22.5. The molecule has 10 heavy (non-hydrogen) atoms. The molecule has 4 nitrogen and oxygen atoms in total. The Morgan fingerprint density at radius 3 is 2.70 bits per heavy atom. The lowest BCUT2D eigenvalue weighted by atomic mass is 10.3. The second kappa shape index (κ2) is 3.41. The van der Waals surface area contributed by atoms with Crippen LogP contribution in [0.15, 0.2) is 4.99 Å². The summed E-state index contributed by atoms with van der Waals surface area (Å²) in [6.45, 7) is 0.495. The predicted molar refractivity (Wildman–Crippen MR) is 39.8 cm³/mol. The summed E-state index contributed by atoms with van der Waals surface area (Å²) >= 11 is 0. The molecule has 1 rings (SSSR count). The molecular formula is C5H9ClN2O2. The summed E-state index contributed by atoms with van der Waals surface area (Å²) in [7, 11) is 1.80. The number of carbonyl (C=O) groups is 1. The standard InChI is InChI=1S/C5H8N2O2.ClH/c1-7-2-4(5(8)9)6-3-7;/h3-4H,2H2,1H3,(H,8,9);1H. The Morgan fingerprint density at radius 1 is 1.90 bits per heavy atom. The van der Waals surface area contributed by atoms with Crippen molar-refractivity contribution in [3.63, 3.8) is 0 Å². The lowest BCUT2D eigenvalue weighted by molar-refractivity contribution is -0.138.